The Hall–Kier alpha value is -2.41. The van der Waals surface area contributed by atoms with Gasteiger partial charge < -0.3 is 15.1 Å². The maximum atomic E-state index is 12.8. The summed E-state index contributed by atoms with van der Waals surface area (Å²) in [6.07, 6.45) is 2.33. The van der Waals surface area contributed by atoms with E-state index < -0.39 is 0 Å². The van der Waals surface area contributed by atoms with Crippen LogP contribution in [0.2, 0.25) is 0 Å². The minimum atomic E-state index is -0.331. The number of rotatable bonds is 4. The zero-order valence-electron chi connectivity index (χ0n) is 13.9. The molecule has 1 aliphatic rings. The molecule has 0 saturated carbocycles. The van der Waals surface area contributed by atoms with Gasteiger partial charge in [0, 0.05) is 20.3 Å². The Bertz CT molecular complexity index is 773. The van der Waals surface area contributed by atoms with Crippen molar-refractivity contribution in [3.8, 4) is 0 Å². The van der Waals surface area contributed by atoms with Gasteiger partial charge in [0.1, 0.15) is 6.17 Å². The van der Waals surface area contributed by atoms with E-state index in [1.807, 2.05) is 29.3 Å². The van der Waals surface area contributed by atoms with Crippen LogP contribution in [0.15, 0.2) is 30.5 Å². The first-order chi connectivity index (χ1) is 11.6. The van der Waals surface area contributed by atoms with Crippen LogP contribution in [0.1, 0.15) is 33.3 Å². The van der Waals surface area contributed by atoms with Gasteiger partial charge in [-0.05, 0) is 18.6 Å². The summed E-state index contributed by atoms with van der Waals surface area (Å²) >= 11 is 1.58. The molecule has 0 aliphatic carbocycles. The van der Waals surface area contributed by atoms with Crippen molar-refractivity contribution in [1.82, 2.24) is 15.2 Å². The number of anilines is 1. The Kier molecular flexibility index (Phi) is 4.53. The number of aromatic nitrogens is 1. The van der Waals surface area contributed by atoms with E-state index in [1.165, 1.54) is 0 Å². The van der Waals surface area contributed by atoms with E-state index >= 15 is 0 Å². The highest BCUT2D eigenvalue weighted by atomic mass is 32.1. The number of carbonyl (C=O) groups excluding carboxylic acids is 2. The fraction of sp³-hybridized carbons (Fsp3) is 0.353. The number of carbonyl (C=O) groups is 2. The number of hydrogen-bond donors (Lipinski definition) is 1. The Morgan fingerprint density at radius 2 is 2.12 bits per heavy atom. The molecule has 1 aromatic carbocycles. The van der Waals surface area contributed by atoms with Crippen molar-refractivity contribution in [1.29, 1.82) is 0 Å². The zero-order chi connectivity index (χ0) is 17.3. The van der Waals surface area contributed by atoms with E-state index in [0.29, 0.717) is 5.56 Å². The van der Waals surface area contributed by atoms with Gasteiger partial charge in [-0.15, -0.1) is 11.3 Å². The van der Waals surface area contributed by atoms with Crippen molar-refractivity contribution in [3.05, 3.63) is 45.9 Å². The second-order valence-electron chi connectivity index (χ2n) is 5.62. The normalized spacial score (nSPS) is 17.0. The van der Waals surface area contributed by atoms with Crippen molar-refractivity contribution in [3.63, 3.8) is 0 Å². The third kappa shape index (κ3) is 2.75. The fourth-order valence-corrected chi connectivity index (χ4v) is 3.92. The molecule has 3 rings (SSSR count). The van der Waals surface area contributed by atoms with Crippen molar-refractivity contribution in [2.24, 2.45) is 0 Å². The number of fused-ring (bicyclic) bond motifs is 1. The topological polar surface area (TPSA) is 65.5 Å². The first kappa shape index (κ1) is 16.4. The van der Waals surface area contributed by atoms with Gasteiger partial charge >= 0.3 is 0 Å². The van der Waals surface area contributed by atoms with Crippen LogP contribution < -0.4 is 10.2 Å². The first-order valence-electron chi connectivity index (χ1n) is 7.84. The van der Waals surface area contributed by atoms with Crippen molar-refractivity contribution >= 4 is 28.8 Å². The molecule has 1 aromatic heterocycles. The van der Waals surface area contributed by atoms with E-state index in [9.17, 15) is 9.59 Å². The van der Waals surface area contributed by atoms with Gasteiger partial charge in [0.15, 0.2) is 0 Å². The largest absolute Gasteiger partial charge is 0.358 e. The molecule has 7 heteroatoms. The first-order valence-corrected chi connectivity index (χ1v) is 8.66. The third-order valence-corrected chi connectivity index (χ3v) is 5.33. The van der Waals surface area contributed by atoms with Crippen LogP contribution in [0.25, 0.3) is 0 Å². The van der Waals surface area contributed by atoms with Crippen LogP contribution in [0.4, 0.5) is 5.69 Å². The molecule has 0 radical (unpaired) electrons. The van der Waals surface area contributed by atoms with E-state index in [2.05, 4.69) is 17.2 Å². The van der Waals surface area contributed by atoms with Crippen molar-refractivity contribution in [2.75, 3.05) is 25.5 Å². The maximum Gasteiger partial charge on any atom is 0.257 e. The summed E-state index contributed by atoms with van der Waals surface area (Å²) in [5, 5.41) is 3.68. The number of likely N-dealkylation sites (N-methyl/N-ethyl adjacent to an activating group) is 1. The number of thiazole rings is 1. The predicted molar refractivity (Wildman–Crippen MR) is 94.2 cm³/mol. The van der Waals surface area contributed by atoms with Gasteiger partial charge in [-0.3, -0.25) is 9.59 Å². The van der Waals surface area contributed by atoms with Gasteiger partial charge in [0.2, 0.25) is 5.91 Å². The highest BCUT2D eigenvalue weighted by Gasteiger charge is 2.38. The molecule has 0 bridgehead atoms. The van der Waals surface area contributed by atoms with Crippen LogP contribution in [-0.2, 0) is 11.2 Å². The summed E-state index contributed by atoms with van der Waals surface area (Å²) in [5.41, 5.74) is 1.39. The smallest absolute Gasteiger partial charge is 0.257 e. The molecule has 2 amide bonds. The summed E-state index contributed by atoms with van der Waals surface area (Å²) in [6.45, 7) is 2.23. The molecular formula is C17H20N4O2S. The average molecular weight is 344 g/mol. The van der Waals surface area contributed by atoms with Crippen molar-refractivity contribution in [2.45, 2.75) is 19.5 Å². The van der Waals surface area contributed by atoms with Crippen LogP contribution >= 0.6 is 11.3 Å². The maximum absolute atomic E-state index is 12.8. The highest BCUT2D eigenvalue weighted by molar-refractivity contribution is 7.11. The lowest BCUT2D eigenvalue weighted by Crippen LogP contribution is -2.50. The number of para-hydroxylation sites is 1. The minimum Gasteiger partial charge on any atom is -0.358 e. The number of nitrogens with one attached hydrogen (secondary N) is 1. The Labute approximate surface area is 145 Å². The fourth-order valence-electron chi connectivity index (χ4n) is 2.90. The van der Waals surface area contributed by atoms with E-state index in [-0.39, 0.29) is 24.5 Å². The number of aryl methyl sites for hydroxylation is 1. The van der Waals surface area contributed by atoms with E-state index in [4.69, 9.17) is 0 Å². The second-order valence-corrected chi connectivity index (χ2v) is 6.76. The highest BCUT2D eigenvalue weighted by Crippen LogP contribution is 2.39. The van der Waals surface area contributed by atoms with E-state index in [1.54, 1.807) is 36.4 Å². The van der Waals surface area contributed by atoms with Crippen LogP contribution in [-0.4, -0.2) is 42.3 Å². The molecule has 6 nitrogen and oxygen atoms in total. The number of benzene rings is 1. The molecule has 126 valence electrons. The summed E-state index contributed by atoms with van der Waals surface area (Å²) in [4.78, 5) is 33.8. The lowest BCUT2D eigenvalue weighted by molar-refractivity contribution is -0.119. The number of hydrogen-bond acceptors (Lipinski definition) is 5. The number of nitrogens with zero attached hydrogens (tertiary/aromatic N) is 3. The minimum absolute atomic E-state index is 0.0461. The van der Waals surface area contributed by atoms with Gasteiger partial charge in [-0.2, -0.15) is 0 Å². The Morgan fingerprint density at radius 1 is 1.38 bits per heavy atom. The quantitative estimate of drug-likeness (QED) is 0.922. The summed E-state index contributed by atoms with van der Waals surface area (Å²) in [7, 11) is 3.38. The van der Waals surface area contributed by atoms with Gasteiger partial charge in [-0.25, -0.2) is 4.98 Å². The molecule has 0 unspecified atom stereocenters. The zero-order valence-corrected chi connectivity index (χ0v) is 14.8. The standard InChI is InChI=1S/C17H20N4O2S/c1-4-15-19-9-13(24-15)16-20(3)17(23)11-7-5-6-8-12(11)21(16)10-14(22)18-2/h5-9,16H,4,10H2,1-3H3,(H,18,22)/t16-/m1/s1. The Morgan fingerprint density at radius 3 is 2.79 bits per heavy atom. The van der Waals surface area contributed by atoms with Gasteiger partial charge in [0.05, 0.1) is 27.7 Å². The van der Waals surface area contributed by atoms with Crippen LogP contribution in [0.5, 0.6) is 0 Å². The molecule has 0 spiro atoms. The molecule has 24 heavy (non-hydrogen) atoms. The summed E-state index contributed by atoms with van der Waals surface area (Å²) < 4.78 is 0. The molecule has 0 saturated heterocycles. The average Bonchev–Trinajstić information content (AvgIpc) is 3.08. The lowest BCUT2D eigenvalue weighted by atomic mass is 10.1. The molecule has 2 heterocycles. The third-order valence-electron chi connectivity index (χ3n) is 4.15. The van der Waals surface area contributed by atoms with Gasteiger partial charge in [0.25, 0.3) is 5.91 Å². The summed E-state index contributed by atoms with van der Waals surface area (Å²) in [6, 6.07) is 7.41. The predicted octanol–water partition coefficient (Wildman–Crippen LogP) is 2.04. The van der Waals surface area contributed by atoms with Crippen molar-refractivity contribution < 1.29 is 9.59 Å². The van der Waals surface area contributed by atoms with Crippen LogP contribution in [0, 0.1) is 0 Å². The molecule has 1 aliphatic heterocycles. The lowest BCUT2D eigenvalue weighted by Gasteiger charge is -2.43. The van der Waals surface area contributed by atoms with E-state index in [0.717, 1.165) is 22.0 Å². The molecular weight excluding hydrogens is 324 g/mol. The monoisotopic (exact) mass is 344 g/mol. The molecule has 1 atom stereocenters. The molecule has 1 N–H and O–H groups in total. The molecule has 0 fully saturated rings. The summed E-state index contributed by atoms with van der Waals surface area (Å²) in [5.74, 6) is -0.145. The molecule has 2 aromatic rings. The second kappa shape index (κ2) is 6.60. The number of amides is 2. The SMILES string of the molecule is CCc1ncc([C@@H]2N(C)C(=O)c3ccccc3N2CC(=O)NC)s1. The van der Waals surface area contributed by atoms with Crippen LogP contribution in [0.3, 0.4) is 0 Å². The Balaban J connectivity index is 2.10. The van der Waals surface area contributed by atoms with Gasteiger partial charge in [-0.1, -0.05) is 19.1 Å².